The first-order valence-electron chi connectivity index (χ1n) is 8.46. The lowest BCUT2D eigenvalue weighted by atomic mass is 10.1. The van der Waals surface area contributed by atoms with Crippen LogP contribution in [-0.4, -0.2) is 35.1 Å². The van der Waals surface area contributed by atoms with Gasteiger partial charge in [0.15, 0.2) is 0 Å². The maximum atomic E-state index is 12.8. The van der Waals surface area contributed by atoms with Gasteiger partial charge in [-0.05, 0) is 24.3 Å². The van der Waals surface area contributed by atoms with Crippen molar-refractivity contribution < 1.29 is 14.3 Å². The fourth-order valence-corrected chi connectivity index (χ4v) is 2.94. The summed E-state index contributed by atoms with van der Waals surface area (Å²) in [6, 6.07) is 12.1. The van der Waals surface area contributed by atoms with Crippen LogP contribution in [-0.2, 0) is 16.6 Å². The van der Waals surface area contributed by atoms with Crippen molar-refractivity contribution in [1.82, 2.24) is 9.55 Å². The second-order valence-corrected chi connectivity index (χ2v) is 6.44. The minimum atomic E-state index is -0.315. The number of methoxy groups -OCH3 is 1. The fraction of sp³-hybridized carbons (Fsp3) is 0.150. The lowest BCUT2D eigenvalue weighted by Gasteiger charge is -2.12. The number of carbonyl (C=O) groups excluding carboxylic acids is 2. The Bertz CT molecular complexity index is 1020. The van der Waals surface area contributed by atoms with Crippen molar-refractivity contribution in [3.8, 4) is 11.4 Å². The number of rotatable bonds is 6. The van der Waals surface area contributed by atoms with Gasteiger partial charge in [-0.1, -0.05) is 29.8 Å². The molecule has 0 aliphatic heterocycles. The molecule has 0 saturated carbocycles. The number of nitrogens with zero attached hydrogens (tertiary/aromatic N) is 2. The molecule has 3 rings (SSSR count). The summed E-state index contributed by atoms with van der Waals surface area (Å²) in [5, 5.41) is 5.77. The normalized spacial score (nSPS) is 10.5. The van der Waals surface area contributed by atoms with Crippen LogP contribution in [0, 0.1) is 0 Å². The monoisotopic (exact) mass is 398 g/mol. The molecule has 7 nitrogen and oxygen atoms in total. The molecule has 144 valence electrons. The van der Waals surface area contributed by atoms with E-state index in [4.69, 9.17) is 16.3 Å². The van der Waals surface area contributed by atoms with E-state index >= 15 is 0 Å². The molecule has 28 heavy (non-hydrogen) atoms. The van der Waals surface area contributed by atoms with Crippen LogP contribution in [0.1, 0.15) is 10.4 Å². The first-order valence-corrected chi connectivity index (χ1v) is 8.84. The van der Waals surface area contributed by atoms with Crippen molar-refractivity contribution in [3.63, 3.8) is 0 Å². The Kier molecular flexibility index (Phi) is 6.08. The number of imidazole rings is 1. The smallest absolute Gasteiger partial charge is 0.256 e. The standard InChI is InChI=1S/C20H19ClN4O3/c1-25-10-9-22-19(25)14-5-3-4-6-15(14)20(27)23-13-7-8-17(16(21)11-13)24-18(26)12-28-2/h3-11H,12H2,1-2H3,(H,23,27)(H,24,26). The molecule has 0 spiro atoms. The van der Waals surface area contributed by atoms with Gasteiger partial charge in [0, 0.05) is 37.8 Å². The maximum Gasteiger partial charge on any atom is 0.256 e. The van der Waals surface area contributed by atoms with Gasteiger partial charge in [0.1, 0.15) is 12.4 Å². The van der Waals surface area contributed by atoms with Crippen molar-refractivity contribution in [1.29, 1.82) is 0 Å². The van der Waals surface area contributed by atoms with Crippen molar-refractivity contribution >= 4 is 34.8 Å². The minimum absolute atomic E-state index is 0.0706. The van der Waals surface area contributed by atoms with Crippen LogP contribution in [0.3, 0.4) is 0 Å². The largest absolute Gasteiger partial charge is 0.375 e. The van der Waals surface area contributed by atoms with E-state index in [0.717, 1.165) is 5.56 Å². The zero-order chi connectivity index (χ0) is 20.1. The molecule has 0 radical (unpaired) electrons. The predicted molar refractivity (Wildman–Crippen MR) is 109 cm³/mol. The Morgan fingerprint density at radius 2 is 1.96 bits per heavy atom. The molecule has 3 aromatic rings. The molecule has 1 heterocycles. The van der Waals surface area contributed by atoms with Crippen LogP contribution in [0.2, 0.25) is 5.02 Å². The highest BCUT2D eigenvalue weighted by molar-refractivity contribution is 6.34. The van der Waals surface area contributed by atoms with Gasteiger partial charge in [-0.2, -0.15) is 0 Å². The summed E-state index contributed by atoms with van der Waals surface area (Å²) in [4.78, 5) is 28.8. The summed E-state index contributed by atoms with van der Waals surface area (Å²) in [5.74, 6) is 0.0935. The number of ether oxygens (including phenoxy) is 1. The molecule has 0 aliphatic carbocycles. The number of benzene rings is 2. The number of halogens is 1. The maximum absolute atomic E-state index is 12.8. The van der Waals surface area contributed by atoms with Gasteiger partial charge >= 0.3 is 0 Å². The number of nitrogens with one attached hydrogen (secondary N) is 2. The molecule has 0 aliphatic rings. The average molecular weight is 399 g/mol. The van der Waals surface area contributed by atoms with E-state index in [1.54, 1.807) is 36.5 Å². The number of carbonyl (C=O) groups is 2. The van der Waals surface area contributed by atoms with Gasteiger partial charge in [0.05, 0.1) is 16.3 Å². The summed E-state index contributed by atoms with van der Waals surface area (Å²) in [6.45, 7) is -0.0706. The quantitative estimate of drug-likeness (QED) is 0.664. The molecule has 1 aromatic heterocycles. The van der Waals surface area contributed by atoms with Crippen LogP contribution in [0.4, 0.5) is 11.4 Å². The molecule has 0 unspecified atom stereocenters. The van der Waals surface area contributed by atoms with E-state index in [1.165, 1.54) is 7.11 Å². The van der Waals surface area contributed by atoms with E-state index < -0.39 is 0 Å². The highest BCUT2D eigenvalue weighted by Gasteiger charge is 2.16. The number of hydrogen-bond donors (Lipinski definition) is 2. The molecule has 2 N–H and O–H groups in total. The highest BCUT2D eigenvalue weighted by atomic mass is 35.5. The zero-order valence-electron chi connectivity index (χ0n) is 15.4. The Morgan fingerprint density at radius 1 is 1.18 bits per heavy atom. The van der Waals surface area contributed by atoms with Crippen LogP contribution < -0.4 is 10.6 Å². The number of hydrogen-bond acceptors (Lipinski definition) is 4. The van der Waals surface area contributed by atoms with Gasteiger partial charge in [-0.25, -0.2) is 4.98 Å². The Balaban J connectivity index is 1.80. The van der Waals surface area contributed by atoms with E-state index in [1.807, 2.05) is 29.9 Å². The first kappa shape index (κ1) is 19.6. The SMILES string of the molecule is COCC(=O)Nc1ccc(NC(=O)c2ccccc2-c2nccn2C)cc1Cl. The number of aryl methyl sites for hydroxylation is 1. The van der Waals surface area contributed by atoms with Crippen molar-refractivity contribution in [2.75, 3.05) is 24.4 Å². The van der Waals surface area contributed by atoms with E-state index in [0.29, 0.717) is 27.8 Å². The van der Waals surface area contributed by atoms with Crippen molar-refractivity contribution in [2.24, 2.45) is 7.05 Å². The van der Waals surface area contributed by atoms with Gasteiger partial charge in [0.25, 0.3) is 5.91 Å². The van der Waals surface area contributed by atoms with E-state index in [2.05, 4.69) is 15.6 Å². The van der Waals surface area contributed by atoms with Gasteiger partial charge in [0.2, 0.25) is 5.91 Å². The van der Waals surface area contributed by atoms with E-state index in [-0.39, 0.29) is 18.4 Å². The third-order valence-electron chi connectivity index (χ3n) is 4.01. The molecule has 0 bridgehead atoms. The molecule has 0 fully saturated rings. The molecular formula is C20H19ClN4O3. The first-order chi connectivity index (χ1) is 13.5. The van der Waals surface area contributed by atoms with E-state index in [9.17, 15) is 9.59 Å². The Labute approximate surface area is 167 Å². The minimum Gasteiger partial charge on any atom is -0.375 e. The number of aromatic nitrogens is 2. The topological polar surface area (TPSA) is 85.2 Å². The molecule has 2 amide bonds. The lowest BCUT2D eigenvalue weighted by Crippen LogP contribution is -2.17. The second kappa shape index (κ2) is 8.69. The summed E-state index contributed by atoms with van der Waals surface area (Å²) in [7, 11) is 3.30. The summed E-state index contributed by atoms with van der Waals surface area (Å²) < 4.78 is 6.62. The predicted octanol–water partition coefficient (Wildman–Crippen LogP) is 3.58. The summed E-state index contributed by atoms with van der Waals surface area (Å²) >= 11 is 6.22. The molecule has 2 aromatic carbocycles. The Hall–Kier alpha value is -3.16. The Morgan fingerprint density at radius 3 is 2.64 bits per heavy atom. The fourth-order valence-electron chi connectivity index (χ4n) is 2.71. The molecule has 0 atom stereocenters. The summed E-state index contributed by atoms with van der Waals surface area (Å²) in [6.07, 6.45) is 3.50. The van der Waals surface area contributed by atoms with Crippen LogP contribution >= 0.6 is 11.6 Å². The van der Waals surface area contributed by atoms with Gasteiger partial charge in [-0.3, -0.25) is 9.59 Å². The molecule has 0 saturated heterocycles. The van der Waals surface area contributed by atoms with Crippen LogP contribution in [0.25, 0.3) is 11.4 Å². The summed E-state index contributed by atoms with van der Waals surface area (Å²) in [5.41, 5.74) is 2.16. The second-order valence-electron chi connectivity index (χ2n) is 6.04. The molecular weight excluding hydrogens is 380 g/mol. The van der Waals surface area contributed by atoms with Gasteiger partial charge in [-0.15, -0.1) is 0 Å². The van der Waals surface area contributed by atoms with Gasteiger partial charge < -0.3 is 19.9 Å². The number of anilines is 2. The highest BCUT2D eigenvalue weighted by Crippen LogP contribution is 2.27. The van der Waals surface area contributed by atoms with Crippen molar-refractivity contribution in [3.05, 3.63) is 65.4 Å². The lowest BCUT2D eigenvalue weighted by molar-refractivity contribution is -0.119. The van der Waals surface area contributed by atoms with Crippen LogP contribution in [0.15, 0.2) is 54.9 Å². The molecule has 8 heteroatoms. The van der Waals surface area contributed by atoms with Crippen molar-refractivity contribution in [2.45, 2.75) is 0 Å². The zero-order valence-corrected chi connectivity index (χ0v) is 16.2. The van der Waals surface area contributed by atoms with Crippen LogP contribution in [0.5, 0.6) is 0 Å². The number of amides is 2. The third kappa shape index (κ3) is 4.39. The average Bonchev–Trinajstić information content (AvgIpc) is 3.10. The third-order valence-corrected chi connectivity index (χ3v) is 4.32.